The van der Waals surface area contributed by atoms with Gasteiger partial charge in [-0.2, -0.15) is 0 Å². The lowest BCUT2D eigenvalue weighted by molar-refractivity contribution is 0.208. The second-order valence-electron chi connectivity index (χ2n) is 3.37. The maximum atomic E-state index is 12.2. The fourth-order valence-electron chi connectivity index (χ4n) is 1.51. The van der Waals surface area contributed by atoms with Crippen molar-refractivity contribution in [1.29, 1.82) is 0 Å². The third kappa shape index (κ3) is 1.80. The van der Waals surface area contributed by atoms with E-state index in [0.29, 0.717) is 19.6 Å². The van der Waals surface area contributed by atoms with Crippen LogP contribution in [0.3, 0.4) is 0 Å². The van der Waals surface area contributed by atoms with Crippen molar-refractivity contribution in [3.05, 3.63) is 12.7 Å². The van der Waals surface area contributed by atoms with Gasteiger partial charge in [0, 0.05) is 5.92 Å². The lowest BCUT2D eigenvalue weighted by atomic mass is 10.4. The third-order valence-electron chi connectivity index (χ3n) is 2.42. The highest BCUT2D eigenvalue weighted by atomic mass is 31.2. The molecule has 1 aliphatic carbocycles. The molecule has 14 heavy (non-hydrogen) atoms. The van der Waals surface area contributed by atoms with Gasteiger partial charge in [0.1, 0.15) is 5.28 Å². The third-order valence-corrected chi connectivity index (χ3v) is 5.15. The molecule has 0 aliphatic heterocycles. The summed E-state index contributed by atoms with van der Waals surface area (Å²) in [5.41, 5.74) is 5.97. The minimum Gasteiger partial charge on any atom is -0.315 e. The standard InChI is InChI=1S/C9H18NO3P/c1-4-8-7-9(8,10)14(11,12-5-2)13-6-3/h4,8H,1,5-7,10H2,2-3H3/t8-,9+/m1/s1. The Morgan fingerprint density at radius 1 is 1.57 bits per heavy atom. The molecule has 0 radical (unpaired) electrons. The van der Waals surface area contributed by atoms with E-state index in [-0.39, 0.29) is 5.92 Å². The van der Waals surface area contributed by atoms with Crippen molar-refractivity contribution >= 4 is 7.60 Å². The molecule has 1 aliphatic rings. The van der Waals surface area contributed by atoms with Gasteiger partial charge in [-0.15, -0.1) is 6.58 Å². The Balaban J connectivity index is 2.78. The van der Waals surface area contributed by atoms with E-state index in [2.05, 4.69) is 6.58 Å². The highest BCUT2D eigenvalue weighted by Gasteiger charge is 2.64. The predicted octanol–water partition coefficient (Wildman–Crippen LogP) is 2.11. The molecule has 0 bridgehead atoms. The summed E-state index contributed by atoms with van der Waals surface area (Å²) in [5, 5.41) is -0.833. The van der Waals surface area contributed by atoms with Crippen molar-refractivity contribution in [1.82, 2.24) is 0 Å². The summed E-state index contributed by atoms with van der Waals surface area (Å²) in [4.78, 5) is 0. The molecule has 82 valence electrons. The first-order chi connectivity index (χ1) is 6.54. The summed E-state index contributed by atoms with van der Waals surface area (Å²) in [7, 11) is -3.16. The Morgan fingerprint density at radius 2 is 2.07 bits per heavy atom. The molecule has 5 heteroatoms. The number of nitrogens with two attached hydrogens (primary N) is 1. The van der Waals surface area contributed by atoms with Crippen LogP contribution < -0.4 is 5.73 Å². The van der Waals surface area contributed by atoms with E-state index < -0.39 is 12.9 Å². The van der Waals surface area contributed by atoms with Crippen molar-refractivity contribution in [2.75, 3.05) is 13.2 Å². The first kappa shape index (κ1) is 11.9. The molecular weight excluding hydrogens is 201 g/mol. The van der Waals surface area contributed by atoms with E-state index in [9.17, 15) is 4.57 Å². The van der Waals surface area contributed by atoms with Gasteiger partial charge in [0.15, 0.2) is 0 Å². The summed E-state index contributed by atoms with van der Waals surface area (Å²) < 4.78 is 22.6. The molecule has 0 amide bonds. The lowest BCUT2D eigenvalue weighted by Crippen LogP contribution is -2.27. The van der Waals surface area contributed by atoms with Gasteiger partial charge in [0.2, 0.25) is 0 Å². The molecule has 0 aromatic rings. The second kappa shape index (κ2) is 4.15. The largest absolute Gasteiger partial charge is 0.350 e. The van der Waals surface area contributed by atoms with Crippen LogP contribution in [-0.4, -0.2) is 18.5 Å². The average Bonchev–Trinajstić information content (AvgIpc) is 2.80. The van der Waals surface area contributed by atoms with Gasteiger partial charge < -0.3 is 14.8 Å². The zero-order valence-corrected chi connectivity index (χ0v) is 9.63. The molecule has 0 unspecified atom stereocenters. The number of hydrogen-bond donors (Lipinski definition) is 1. The zero-order valence-electron chi connectivity index (χ0n) is 8.73. The normalized spacial score (nSPS) is 31.5. The molecule has 0 aromatic carbocycles. The van der Waals surface area contributed by atoms with Crippen molar-refractivity contribution < 1.29 is 13.6 Å². The predicted molar refractivity (Wildman–Crippen MR) is 56.1 cm³/mol. The van der Waals surface area contributed by atoms with Crippen molar-refractivity contribution in [2.24, 2.45) is 11.7 Å². The van der Waals surface area contributed by atoms with Crippen LogP contribution in [0.1, 0.15) is 20.3 Å². The maximum Gasteiger partial charge on any atom is 0.350 e. The van der Waals surface area contributed by atoms with E-state index in [1.807, 2.05) is 0 Å². The minimum absolute atomic E-state index is 0.0476. The van der Waals surface area contributed by atoms with Gasteiger partial charge in [-0.05, 0) is 20.3 Å². The zero-order chi connectivity index (χ0) is 10.8. The van der Waals surface area contributed by atoms with Crippen molar-refractivity contribution in [3.63, 3.8) is 0 Å². The van der Waals surface area contributed by atoms with Crippen LogP contribution in [-0.2, 0) is 13.6 Å². The first-order valence-electron chi connectivity index (χ1n) is 4.84. The topological polar surface area (TPSA) is 61.6 Å². The number of hydrogen-bond acceptors (Lipinski definition) is 4. The SMILES string of the molecule is C=C[C@@H]1C[C@]1(N)P(=O)(OCC)OCC. The summed E-state index contributed by atoms with van der Waals surface area (Å²) in [6, 6.07) is 0. The van der Waals surface area contributed by atoms with Crippen molar-refractivity contribution in [3.8, 4) is 0 Å². The van der Waals surface area contributed by atoms with Crippen LogP contribution in [0, 0.1) is 5.92 Å². The lowest BCUT2D eigenvalue weighted by Gasteiger charge is -2.23. The van der Waals surface area contributed by atoms with Crippen LogP contribution in [0.25, 0.3) is 0 Å². The van der Waals surface area contributed by atoms with Crippen molar-refractivity contribution in [2.45, 2.75) is 25.5 Å². The molecule has 0 heterocycles. The average molecular weight is 219 g/mol. The minimum atomic E-state index is -3.16. The van der Waals surface area contributed by atoms with Crippen LogP contribution >= 0.6 is 7.60 Å². The van der Waals surface area contributed by atoms with E-state index in [0.717, 1.165) is 0 Å². The van der Waals surface area contributed by atoms with E-state index in [1.54, 1.807) is 19.9 Å². The highest BCUT2D eigenvalue weighted by molar-refractivity contribution is 7.56. The molecule has 1 saturated carbocycles. The second-order valence-corrected chi connectivity index (χ2v) is 5.71. The molecule has 0 saturated heterocycles. The molecule has 1 rings (SSSR count). The highest BCUT2D eigenvalue weighted by Crippen LogP contribution is 2.71. The Morgan fingerprint density at radius 3 is 2.36 bits per heavy atom. The quantitative estimate of drug-likeness (QED) is 0.549. The number of rotatable bonds is 6. The first-order valence-corrected chi connectivity index (χ1v) is 6.39. The van der Waals surface area contributed by atoms with Gasteiger partial charge in [-0.3, -0.25) is 4.57 Å². The summed E-state index contributed by atoms with van der Waals surface area (Å²) >= 11 is 0. The molecular formula is C9H18NO3P. The van der Waals surface area contributed by atoms with E-state index in [4.69, 9.17) is 14.8 Å². The van der Waals surface area contributed by atoms with Crippen LogP contribution in [0.2, 0.25) is 0 Å². The molecule has 2 atom stereocenters. The fourth-order valence-corrected chi connectivity index (χ4v) is 3.68. The summed E-state index contributed by atoms with van der Waals surface area (Å²) in [5.74, 6) is 0.0476. The monoisotopic (exact) mass is 219 g/mol. The van der Waals surface area contributed by atoms with E-state index >= 15 is 0 Å². The molecule has 2 N–H and O–H groups in total. The van der Waals surface area contributed by atoms with Crippen LogP contribution in [0.15, 0.2) is 12.7 Å². The summed E-state index contributed by atoms with van der Waals surface area (Å²) in [6.45, 7) is 7.89. The van der Waals surface area contributed by atoms with Gasteiger partial charge >= 0.3 is 7.60 Å². The Labute approximate surface area is 85.0 Å². The van der Waals surface area contributed by atoms with Gasteiger partial charge in [-0.25, -0.2) is 0 Å². The smallest absolute Gasteiger partial charge is 0.315 e. The summed E-state index contributed by atoms with van der Waals surface area (Å²) in [6.07, 6.45) is 2.35. The Bertz CT molecular complexity index is 259. The van der Waals surface area contributed by atoms with Crippen LogP contribution in [0.5, 0.6) is 0 Å². The molecule has 0 spiro atoms. The van der Waals surface area contributed by atoms with Crippen LogP contribution in [0.4, 0.5) is 0 Å². The molecule has 1 fully saturated rings. The fraction of sp³-hybridized carbons (Fsp3) is 0.778. The Hall–Kier alpha value is -0.150. The molecule has 0 aromatic heterocycles. The molecule has 4 nitrogen and oxygen atoms in total. The van der Waals surface area contributed by atoms with Gasteiger partial charge in [0.25, 0.3) is 0 Å². The van der Waals surface area contributed by atoms with E-state index in [1.165, 1.54) is 0 Å². The Kier molecular flexibility index (Phi) is 3.53. The van der Waals surface area contributed by atoms with Gasteiger partial charge in [0.05, 0.1) is 13.2 Å². The van der Waals surface area contributed by atoms with Gasteiger partial charge in [-0.1, -0.05) is 6.08 Å². The maximum absolute atomic E-state index is 12.2.